The zero-order chi connectivity index (χ0) is 19.5. The van der Waals surface area contributed by atoms with Crippen molar-refractivity contribution in [3.05, 3.63) is 24.3 Å². The van der Waals surface area contributed by atoms with Crippen LogP contribution in [0.4, 0.5) is 11.4 Å². The molecule has 0 unspecified atom stereocenters. The van der Waals surface area contributed by atoms with Crippen molar-refractivity contribution in [1.82, 2.24) is 4.90 Å². The highest BCUT2D eigenvalue weighted by atomic mass is 16.5. The van der Waals surface area contributed by atoms with Gasteiger partial charge in [0.15, 0.2) is 0 Å². The number of hydrogen-bond donors (Lipinski definition) is 2. The summed E-state index contributed by atoms with van der Waals surface area (Å²) in [5, 5.41) is 3.02. The Bertz CT molecular complexity index is 700. The Morgan fingerprint density at radius 1 is 1.25 bits per heavy atom. The van der Waals surface area contributed by atoms with Crippen molar-refractivity contribution in [3.8, 4) is 0 Å². The zero-order valence-corrected chi connectivity index (χ0v) is 16.3. The first-order valence-corrected chi connectivity index (χ1v) is 10.4. The maximum absolute atomic E-state index is 13.0. The van der Waals surface area contributed by atoms with Gasteiger partial charge in [-0.05, 0) is 55.9 Å². The van der Waals surface area contributed by atoms with Crippen molar-refractivity contribution in [3.63, 3.8) is 0 Å². The van der Waals surface area contributed by atoms with Crippen LogP contribution in [-0.2, 0) is 14.3 Å². The van der Waals surface area contributed by atoms with E-state index in [-0.39, 0.29) is 24.5 Å². The fraction of sp³-hybridized carbons (Fsp3) is 0.619. The van der Waals surface area contributed by atoms with Crippen LogP contribution in [0.2, 0.25) is 0 Å². The molecule has 2 amide bonds. The summed E-state index contributed by atoms with van der Waals surface area (Å²) in [6, 6.07) is 7.63. The number of anilines is 2. The molecule has 3 fully saturated rings. The van der Waals surface area contributed by atoms with Crippen LogP contribution in [0, 0.1) is 5.92 Å². The highest BCUT2D eigenvalue weighted by molar-refractivity contribution is 5.97. The average Bonchev–Trinajstić information content (AvgIpc) is 3.46. The summed E-state index contributed by atoms with van der Waals surface area (Å²) in [5.41, 5.74) is 7.57. The molecule has 4 rings (SSSR count). The maximum atomic E-state index is 13.0. The monoisotopic (exact) mass is 386 g/mol. The molecule has 0 radical (unpaired) electrons. The van der Waals surface area contributed by atoms with E-state index in [1.165, 1.54) is 32.1 Å². The van der Waals surface area contributed by atoms with E-state index in [4.69, 9.17) is 10.5 Å². The SMILES string of the molecule is NC[C@@H](C(=O)Nc1ccc(N2CCOCC2=O)cc1)N(CC1CC1)C1CCC1. The Morgan fingerprint density at radius 2 is 2.00 bits per heavy atom. The molecule has 1 heterocycles. The quantitative estimate of drug-likeness (QED) is 0.708. The van der Waals surface area contributed by atoms with Gasteiger partial charge in [0.1, 0.15) is 12.6 Å². The summed E-state index contributed by atoms with van der Waals surface area (Å²) in [7, 11) is 0. The van der Waals surface area contributed by atoms with Crippen molar-refractivity contribution in [2.24, 2.45) is 11.7 Å². The fourth-order valence-electron chi connectivity index (χ4n) is 3.98. The lowest BCUT2D eigenvalue weighted by molar-refractivity contribution is -0.125. The molecule has 28 heavy (non-hydrogen) atoms. The van der Waals surface area contributed by atoms with Gasteiger partial charge in [-0.15, -0.1) is 0 Å². The number of rotatable bonds is 8. The molecule has 2 saturated carbocycles. The fourth-order valence-corrected chi connectivity index (χ4v) is 3.98. The molecule has 1 atom stereocenters. The standard InChI is InChI=1S/C21H30N4O3/c22-12-19(25(13-15-4-5-15)17-2-1-3-17)21(27)23-16-6-8-18(9-7-16)24-10-11-28-14-20(24)26/h6-9,15,17,19H,1-5,10-14,22H2,(H,23,27)/t19-/m0/s1. The number of carbonyl (C=O) groups is 2. The molecule has 0 aromatic heterocycles. The molecule has 152 valence electrons. The van der Waals surface area contributed by atoms with Gasteiger partial charge in [0.2, 0.25) is 5.91 Å². The van der Waals surface area contributed by atoms with Gasteiger partial charge in [-0.25, -0.2) is 0 Å². The Kier molecular flexibility index (Phi) is 5.94. The summed E-state index contributed by atoms with van der Waals surface area (Å²) < 4.78 is 5.17. The normalized spacial score (nSPS) is 21.5. The highest BCUT2D eigenvalue weighted by Gasteiger charge is 2.37. The third-order valence-corrected chi connectivity index (χ3v) is 6.07. The molecule has 3 N–H and O–H groups in total. The van der Waals surface area contributed by atoms with Gasteiger partial charge >= 0.3 is 0 Å². The summed E-state index contributed by atoms with van der Waals surface area (Å²) in [6.45, 7) is 2.53. The second-order valence-electron chi connectivity index (χ2n) is 8.11. The number of nitrogens with two attached hydrogens (primary N) is 1. The van der Waals surface area contributed by atoms with Gasteiger partial charge in [-0.3, -0.25) is 14.5 Å². The van der Waals surface area contributed by atoms with Gasteiger partial charge in [-0.1, -0.05) is 6.42 Å². The number of morpholine rings is 1. The van der Waals surface area contributed by atoms with Gasteiger partial charge in [0.05, 0.1) is 6.61 Å². The molecule has 1 aliphatic heterocycles. The molecule has 3 aliphatic rings. The molecule has 0 bridgehead atoms. The topological polar surface area (TPSA) is 87.9 Å². The van der Waals surface area contributed by atoms with Crippen molar-refractivity contribution in [2.75, 3.05) is 43.1 Å². The van der Waals surface area contributed by atoms with E-state index in [1.807, 2.05) is 24.3 Å². The van der Waals surface area contributed by atoms with Crippen LogP contribution in [0.1, 0.15) is 32.1 Å². The largest absolute Gasteiger partial charge is 0.370 e. The Balaban J connectivity index is 1.40. The Hall–Kier alpha value is -1.96. The van der Waals surface area contributed by atoms with Crippen molar-refractivity contribution < 1.29 is 14.3 Å². The van der Waals surface area contributed by atoms with Crippen LogP contribution < -0.4 is 16.0 Å². The number of nitrogens with one attached hydrogen (secondary N) is 1. The van der Waals surface area contributed by atoms with Crippen LogP contribution in [0.25, 0.3) is 0 Å². The maximum Gasteiger partial charge on any atom is 0.253 e. The Morgan fingerprint density at radius 3 is 2.57 bits per heavy atom. The van der Waals surface area contributed by atoms with Gasteiger partial charge in [0.25, 0.3) is 5.91 Å². The van der Waals surface area contributed by atoms with E-state index in [9.17, 15) is 9.59 Å². The number of benzene rings is 1. The first kappa shape index (κ1) is 19.4. The van der Waals surface area contributed by atoms with Gasteiger partial charge in [0, 0.05) is 37.1 Å². The predicted molar refractivity (Wildman–Crippen MR) is 108 cm³/mol. The van der Waals surface area contributed by atoms with Crippen molar-refractivity contribution in [1.29, 1.82) is 0 Å². The van der Waals surface area contributed by atoms with E-state index in [0.717, 1.165) is 23.8 Å². The summed E-state index contributed by atoms with van der Waals surface area (Å²) >= 11 is 0. The van der Waals surface area contributed by atoms with Gasteiger partial charge < -0.3 is 20.7 Å². The lowest BCUT2D eigenvalue weighted by Crippen LogP contribution is -2.55. The number of nitrogens with zero attached hydrogens (tertiary/aromatic N) is 2. The van der Waals surface area contributed by atoms with E-state index in [1.54, 1.807) is 4.90 Å². The van der Waals surface area contributed by atoms with Crippen LogP contribution in [0.15, 0.2) is 24.3 Å². The predicted octanol–water partition coefficient (Wildman–Crippen LogP) is 1.58. The highest BCUT2D eigenvalue weighted by Crippen LogP contribution is 2.34. The molecule has 1 aromatic carbocycles. The van der Waals surface area contributed by atoms with Crippen molar-refractivity contribution >= 4 is 23.2 Å². The minimum absolute atomic E-state index is 0.0368. The van der Waals surface area contributed by atoms with E-state index < -0.39 is 0 Å². The number of hydrogen-bond acceptors (Lipinski definition) is 5. The molecular weight excluding hydrogens is 356 g/mol. The lowest BCUT2D eigenvalue weighted by atomic mass is 9.89. The van der Waals surface area contributed by atoms with Crippen LogP contribution >= 0.6 is 0 Å². The van der Waals surface area contributed by atoms with Crippen LogP contribution in [0.5, 0.6) is 0 Å². The first-order chi connectivity index (χ1) is 13.7. The molecule has 7 heteroatoms. The molecule has 1 saturated heterocycles. The van der Waals surface area contributed by atoms with E-state index in [2.05, 4.69) is 10.2 Å². The van der Waals surface area contributed by atoms with Crippen molar-refractivity contribution in [2.45, 2.75) is 44.2 Å². The minimum Gasteiger partial charge on any atom is -0.370 e. The van der Waals surface area contributed by atoms with Crippen LogP contribution in [0.3, 0.4) is 0 Å². The second kappa shape index (κ2) is 8.59. The zero-order valence-electron chi connectivity index (χ0n) is 16.3. The van der Waals surface area contributed by atoms with Crippen LogP contribution in [-0.4, -0.2) is 61.6 Å². The molecule has 2 aliphatic carbocycles. The molecule has 1 aromatic rings. The summed E-state index contributed by atoms with van der Waals surface area (Å²) in [5.74, 6) is 0.653. The summed E-state index contributed by atoms with van der Waals surface area (Å²) in [6.07, 6.45) is 6.11. The Labute approximate surface area is 166 Å². The van der Waals surface area contributed by atoms with Gasteiger partial charge in [-0.2, -0.15) is 0 Å². The second-order valence-corrected chi connectivity index (χ2v) is 8.11. The average molecular weight is 386 g/mol. The third kappa shape index (κ3) is 4.37. The number of ether oxygens (including phenoxy) is 1. The molecule has 0 spiro atoms. The summed E-state index contributed by atoms with van der Waals surface area (Å²) in [4.78, 5) is 29.0. The lowest BCUT2D eigenvalue weighted by Gasteiger charge is -2.41. The van der Waals surface area contributed by atoms with E-state index >= 15 is 0 Å². The molecular formula is C21H30N4O3. The number of carbonyl (C=O) groups excluding carboxylic acids is 2. The molecule has 7 nitrogen and oxygen atoms in total. The smallest absolute Gasteiger partial charge is 0.253 e. The third-order valence-electron chi connectivity index (χ3n) is 6.07. The first-order valence-electron chi connectivity index (χ1n) is 10.4. The van der Waals surface area contributed by atoms with E-state index in [0.29, 0.717) is 25.7 Å². The minimum atomic E-state index is -0.286. The number of amides is 2.